The van der Waals surface area contributed by atoms with Gasteiger partial charge in [-0.25, -0.2) is 13.4 Å². The molecule has 1 saturated heterocycles. The first-order valence-corrected chi connectivity index (χ1v) is 8.69. The van der Waals surface area contributed by atoms with Crippen LogP contribution in [0.1, 0.15) is 23.2 Å². The Morgan fingerprint density at radius 3 is 2.95 bits per heavy atom. The van der Waals surface area contributed by atoms with Crippen LogP contribution in [0, 0.1) is 0 Å². The summed E-state index contributed by atoms with van der Waals surface area (Å²) in [4.78, 5) is 15.9. The summed E-state index contributed by atoms with van der Waals surface area (Å²) in [5.74, 6) is -0.225. The van der Waals surface area contributed by atoms with Gasteiger partial charge in [-0.1, -0.05) is 11.6 Å². The molecule has 1 unspecified atom stereocenters. The second-order valence-electron chi connectivity index (χ2n) is 4.42. The number of carbonyl (C=O) groups excluding carboxylic acids is 1. The number of halogens is 2. The zero-order chi connectivity index (χ0) is 14.0. The molecule has 1 aromatic heterocycles. The highest BCUT2D eigenvalue weighted by molar-refractivity contribution is 9.10. The molecular formula is C11H12BrClN2O3S. The van der Waals surface area contributed by atoms with Crippen LogP contribution in [0.5, 0.6) is 0 Å². The average Bonchev–Trinajstić information content (AvgIpc) is 2.31. The minimum absolute atomic E-state index is 0.0161. The van der Waals surface area contributed by atoms with E-state index in [9.17, 15) is 13.2 Å². The number of sulfone groups is 1. The molecule has 1 aliphatic heterocycles. The van der Waals surface area contributed by atoms with Crippen LogP contribution in [0.4, 0.5) is 0 Å². The summed E-state index contributed by atoms with van der Waals surface area (Å²) >= 11 is 9.06. The van der Waals surface area contributed by atoms with Crippen LogP contribution in [0.25, 0.3) is 0 Å². The van der Waals surface area contributed by atoms with E-state index in [0.717, 1.165) is 0 Å². The third-order valence-corrected chi connectivity index (χ3v) is 5.40. The molecule has 2 heterocycles. The fourth-order valence-electron chi connectivity index (χ4n) is 1.98. The number of rotatable bonds is 2. The van der Waals surface area contributed by atoms with Gasteiger partial charge in [0.1, 0.15) is 5.15 Å². The lowest BCUT2D eigenvalue weighted by molar-refractivity contribution is 0.0938. The van der Waals surface area contributed by atoms with Crippen LogP contribution in [-0.4, -0.2) is 36.9 Å². The second-order valence-corrected chi connectivity index (χ2v) is 7.92. The molecule has 1 aliphatic rings. The maximum absolute atomic E-state index is 12.0. The summed E-state index contributed by atoms with van der Waals surface area (Å²) in [6.07, 6.45) is 2.71. The number of hydrogen-bond acceptors (Lipinski definition) is 4. The van der Waals surface area contributed by atoms with Gasteiger partial charge >= 0.3 is 0 Å². The Balaban J connectivity index is 2.11. The van der Waals surface area contributed by atoms with E-state index in [4.69, 9.17) is 11.6 Å². The van der Waals surface area contributed by atoms with Crippen LogP contribution in [0.2, 0.25) is 5.15 Å². The van der Waals surface area contributed by atoms with Crippen molar-refractivity contribution in [2.45, 2.75) is 18.9 Å². The van der Waals surface area contributed by atoms with Crippen molar-refractivity contribution in [1.29, 1.82) is 0 Å². The zero-order valence-corrected chi connectivity index (χ0v) is 13.1. The number of amides is 1. The Hall–Kier alpha value is -0.660. The first-order valence-electron chi connectivity index (χ1n) is 5.70. The summed E-state index contributed by atoms with van der Waals surface area (Å²) < 4.78 is 23.6. The molecule has 0 aromatic carbocycles. The fourth-order valence-corrected chi connectivity index (χ4v) is 4.14. The third-order valence-electron chi connectivity index (χ3n) is 2.85. The van der Waals surface area contributed by atoms with Gasteiger partial charge in [-0.2, -0.15) is 0 Å². The van der Waals surface area contributed by atoms with E-state index in [0.29, 0.717) is 17.3 Å². The quantitative estimate of drug-likeness (QED) is 0.809. The zero-order valence-electron chi connectivity index (χ0n) is 9.90. The van der Waals surface area contributed by atoms with Gasteiger partial charge in [-0.3, -0.25) is 4.79 Å². The molecule has 1 N–H and O–H groups in total. The van der Waals surface area contributed by atoms with E-state index < -0.39 is 15.7 Å². The van der Waals surface area contributed by atoms with Crippen LogP contribution in [0.15, 0.2) is 16.7 Å². The van der Waals surface area contributed by atoms with Crippen molar-refractivity contribution < 1.29 is 13.2 Å². The van der Waals surface area contributed by atoms with E-state index in [2.05, 4.69) is 26.2 Å². The van der Waals surface area contributed by atoms with Crippen LogP contribution >= 0.6 is 27.5 Å². The standard InChI is InChI=1S/C11H12BrClN2O3S/c12-7-4-9(10(13)14-5-7)11(16)15-8-2-1-3-19(17,18)6-8/h4-5,8H,1-3,6H2,(H,15,16). The lowest BCUT2D eigenvalue weighted by Gasteiger charge is -2.23. The molecule has 0 spiro atoms. The molecule has 2 rings (SSSR count). The number of hydrogen-bond donors (Lipinski definition) is 1. The third kappa shape index (κ3) is 3.90. The molecule has 0 radical (unpaired) electrons. The van der Waals surface area contributed by atoms with Crippen molar-refractivity contribution in [1.82, 2.24) is 10.3 Å². The Morgan fingerprint density at radius 1 is 1.53 bits per heavy atom. The molecule has 0 aliphatic carbocycles. The second kappa shape index (κ2) is 5.76. The predicted octanol–water partition coefficient (Wildman–Crippen LogP) is 1.80. The van der Waals surface area contributed by atoms with Gasteiger partial charge in [0.15, 0.2) is 9.84 Å². The largest absolute Gasteiger partial charge is 0.348 e. The SMILES string of the molecule is O=C(NC1CCCS(=O)(=O)C1)c1cc(Br)cnc1Cl. The first-order chi connectivity index (χ1) is 8.87. The first kappa shape index (κ1) is 14.7. The van der Waals surface area contributed by atoms with E-state index in [1.807, 2.05) is 0 Å². The monoisotopic (exact) mass is 366 g/mol. The minimum atomic E-state index is -3.05. The van der Waals surface area contributed by atoms with Crippen LogP contribution < -0.4 is 5.32 Å². The Labute approximate surface area is 124 Å². The molecule has 1 aromatic rings. The van der Waals surface area contributed by atoms with Gasteiger partial charge < -0.3 is 5.32 Å². The van der Waals surface area contributed by atoms with Gasteiger partial charge in [-0.05, 0) is 34.8 Å². The number of nitrogens with zero attached hydrogens (tertiary/aromatic N) is 1. The van der Waals surface area contributed by atoms with Crippen molar-refractivity contribution in [3.63, 3.8) is 0 Å². The molecule has 5 nitrogen and oxygen atoms in total. The number of nitrogens with one attached hydrogen (secondary N) is 1. The molecule has 19 heavy (non-hydrogen) atoms. The molecule has 0 saturated carbocycles. The molecule has 0 bridgehead atoms. The van der Waals surface area contributed by atoms with Gasteiger partial charge in [0.2, 0.25) is 0 Å². The topological polar surface area (TPSA) is 76.1 Å². The highest BCUT2D eigenvalue weighted by Gasteiger charge is 2.26. The molecular weight excluding hydrogens is 356 g/mol. The van der Waals surface area contributed by atoms with Crippen molar-refractivity contribution in [2.75, 3.05) is 11.5 Å². The maximum atomic E-state index is 12.0. The molecule has 1 fully saturated rings. The number of aromatic nitrogens is 1. The highest BCUT2D eigenvalue weighted by Crippen LogP contribution is 2.19. The Morgan fingerprint density at radius 2 is 2.26 bits per heavy atom. The van der Waals surface area contributed by atoms with E-state index in [-0.39, 0.29) is 28.3 Å². The summed E-state index contributed by atoms with van der Waals surface area (Å²) in [5.41, 5.74) is 0.235. The Bertz CT molecular complexity index is 606. The lowest BCUT2D eigenvalue weighted by Crippen LogP contribution is -2.43. The summed E-state index contributed by atoms with van der Waals surface area (Å²) in [7, 11) is -3.05. The van der Waals surface area contributed by atoms with Crippen molar-refractivity contribution in [2.24, 2.45) is 0 Å². The van der Waals surface area contributed by atoms with Crippen LogP contribution in [0.3, 0.4) is 0 Å². The van der Waals surface area contributed by atoms with Crippen molar-refractivity contribution >= 4 is 43.3 Å². The van der Waals surface area contributed by atoms with Gasteiger partial charge in [-0.15, -0.1) is 0 Å². The Kier molecular flexibility index (Phi) is 4.47. The van der Waals surface area contributed by atoms with Gasteiger partial charge in [0.25, 0.3) is 5.91 Å². The molecule has 8 heteroatoms. The average molecular weight is 368 g/mol. The van der Waals surface area contributed by atoms with Crippen LogP contribution in [-0.2, 0) is 9.84 Å². The smallest absolute Gasteiger partial charge is 0.254 e. The van der Waals surface area contributed by atoms with Crippen molar-refractivity contribution in [3.05, 3.63) is 27.5 Å². The predicted molar refractivity (Wildman–Crippen MR) is 76.1 cm³/mol. The summed E-state index contributed by atoms with van der Waals surface area (Å²) in [6, 6.07) is 1.20. The minimum Gasteiger partial charge on any atom is -0.348 e. The van der Waals surface area contributed by atoms with E-state index in [1.54, 1.807) is 6.07 Å². The molecule has 104 valence electrons. The number of carbonyl (C=O) groups is 1. The summed E-state index contributed by atoms with van der Waals surface area (Å²) in [6.45, 7) is 0. The molecule has 1 atom stereocenters. The fraction of sp³-hybridized carbons (Fsp3) is 0.455. The number of pyridine rings is 1. The molecule has 1 amide bonds. The van der Waals surface area contributed by atoms with Gasteiger partial charge in [0.05, 0.1) is 17.1 Å². The summed E-state index contributed by atoms with van der Waals surface area (Å²) in [5, 5.41) is 2.79. The van der Waals surface area contributed by atoms with Crippen molar-refractivity contribution in [3.8, 4) is 0 Å². The maximum Gasteiger partial charge on any atom is 0.254 e. The highest BCUT2D eigenvalue weighted by atomic mass is 79.9. The normalized spacial score (nSPS) is 21.9. The van der Waals surface area contributed by atoms with E-state index >= 15 is 0 Å². The van der Waals surface area contributed by atoms with E-state index in [1.165, 1.54) is 6.20 Å². The van der Waals surface area contributed by atoms with Gasteiger partial charge in [0, 0.05) is 16.7 Å². The lowest BCUT2D eigenvalue weighted by atomic mass is 10.1.